The average Bonchev–Trinajstić information content (AvgIpc) is 3.30. The first-order chi connectivity index (χ1) is 18.9. The van der Waals surface area contributed by atoms with Crippen molar-refractivity contribution in [3.05, 3.63) is 34.9 Å². The summed E-state index contributed by atoms with van der Waals surface area (Å²) in [5.41, 5.74) is 1.43. The van der Waals surface area contributed by atoms with Gasteiger partial charge in [0.15, 0.2) is 0 Å². The Balaban J connectivity index is 1.22. The van der Waals surface area contributed by atoms with Crippen molar-refractivity contribution in [3.8, 4) is 0 Å². The summed E-state index contributed by atoms with van der Waals surface area (Å²) in [6.45, 7) is 2.85. The standard InChI is InChI=1S/C30H45ClN4O4/c1-32-18-26(17-30-15-20-11-21(16-30)13-24(30)12-20)34-28(36)35-9-4-6-23(19-35)27(22-5-3-7-25(31)14-22)39-10-8-33-29(37)38-2/h3,5,7,14,20-21,23-24,26-27,32H,4,6,8-13,15-19H2,1-2H3,(H,33,37)(H,34,36)/t20?,21?,23-,24?,26+,27+,30?/m1/s1. The lowest BCUT2D eigenvalue weighted by atomic mass is 9.72. The highest BCUT2D eigenvalue weighted by Crippen LogP contribution is 2.67. The minimum Gasteiger partial charge on any atom is -0.453 e. The lowest BCUT2D eigenvalue weighted by Crippen LogP contribution is -2.52. The summed E-state index contributed by atoms with van der Waals surface area (Å²) in [6.07, 6.45) is 9.24. The summed E-state index contributed by atoms with van der Waals surface area (Å²) in [6, 6.07) is 7.92. The number of carbonyl (C=O) groups excluding carboxylic acids is 2. The molecule has 4 aliphatic carbocycles. The molecule has 4 bridgehead atoms. The van der Waals surface area contributed by atoms with Crippen molar-refractivity contribution in [3.63, 3.8) is 0 Å². The smallest absolute Gasteiger partial charge is 0.406 e. The molecule has 8 nitrogen and oxygen atoms in total. The Morgan fingerprint density at radius 3 is 2.72 bits per heavy atom. The first-order valence-corrected chi connectivity index (χ1v) is 15.2. The molecule has 1 saturated heterocycles. The highest BCUT2D eigenvalue weighted by molar-refractivity contribution is 6.30. The van der Waals surface area contributed by atoms with Crippen molar-refractivity contribution in [2.45, 2.75) is 63.5 Å². The van der Waals surface area contributed by atoms with Crippen LogP contribution in [0.4, 0.5) is 9.59 Å². The molecule has 0 spiro atoms. The van der Waals surface area contributed by atoms with E-state index in [9.17, 15) is 9.59 Å². The fraction of sp³-hybridized carbons (Fsp3) is 0.733. The maximum Gasteiger partial charge on any atom is 0.406 e. The van der Waals surface area contributed by atoms with Crippen LogP contribution in [0.2, 0.25) is 5.02 Å². The number of ether oxygens (including phenoxy) is 2. The number of likely N-dealkylation sites (tertiary alicyclic amines) is 1. The second-order valence-corrected chi connectivity index (χ2v) is 12.9. The molecule has 0 radical (unpaired) electrons. The molecule has 6 rings (SSSR count). The van der Waals surface area contributed by atoms with Crippen molar-refractivity contribution < 1.29 is 19.1 Å². The molecule has 5 fully saturated rings. The van der Waals surface area contributed by atoms with Crippen molar-refractivity contribution in [1.82, 2.24) is 20.9 Å². The Hall–Kier alpha value is -2.03. The molecule has 1 heterocycles. The molecule has 9 heteroatoms. The normalized spacial score (nSPS) is 30.7. The van der Waals surface area contributed by atoms with Crippen molar-refractivity contribution in [1.29, 1.82) is 0 Å². The van der Waals surface area contributed by atoms with Crippen molar-refractivity contribution in [2.24, 2.45) is 29.1 Å². The van der Waals surface area contributed by atoms with Crippen LogP contribution >= 0.6 is 11.6 Å². The van der Waals surface area contributed by atoms with Gasteiger partial charge in [0, 0.05) is 43.2 Å². The highest BCUT2D eigenvalue weighted by atomic mass is 35.5. The van der Waals surface area contributed by atoms with Crippen molar-refractivity contribution >= 4 is 23.7 Å². The van der Waals surface area contributed by atoms with Gasteiger partial charge in [-0.1, -0.05) is 23.7 Å². The van der Waals surface area contributed by atoms with Crippen LogP contribution in [-0.4, -0.2) is 70.0 Å². The molecule has 3 N–H and O–H groups in total. The molecule has 0 aromatic heterocycles. The minimum atomic E-state index is -0.479. The van der Waals surface area contributed by atoms with E-state index in [0.717, 1.165) is 55.7 Å². The number of urea groups is 1. The van der Waals surface area contributed by atoms with E-state index in [1.807, 2.05) is 36.2 Å². The molecule has 216 valence electrons. The Morgan fingerprint density at radius 2 is 2.00 bits per heavy atom. The maximum absolute atomic E-state index is 13.6. The van der Waals surface area contributed by atoms with Crippen LogP contribution < -0.4 is 16.0 Å². The fourth-order valence-corrected chi connectivity index (χ4v) is 8.71. The first-order valence-electron chi connectivity index (χ1n) is 14.8. The maximum atomic E-state index is 13.6. The quantitative estimate of drug-likeness (QED) is 0.332. The lowest BCUT2D eigenvalue weighted by molar-refractivity contribution is -0.00871. The number of benzene rings is 1. The molecule has 3 amide bonds. The summed E-state index contributed by atoms with van der Waals surface area (Å²) >= 11 is 6.33. The Labute approximate surface area is 237 Å². The van der Waals surface area contributed by atoms with Crippen LogP contribution in [0.5, 0.6) is 0 Å². The second-order valence-electron chi connectivity index (χ2n) is 12.4. The number of carbonyl (C=O) groups is 2. The summed E-state index contributed by atoms with van der Waals surface area (Å²) < 4.78 is 11.0. The third kappa shape index (κ3) is 6.66. The SMILES string of the molecule is CNC[C@H](CC12CC3CC(CC1C3)C2)NC(=O)N1CCC[C@@H]([C@@H](OCCNC(=O)OC)c2cccc(Cl)c2)C1. The topological polar surface area (TPSA) is 91.9 Å². The Morgan fingerprint density at radius 1 is 1.21 bits per heavy atom. The van der Waals surface area contributed by atoms with E-state index in [-0.39, 0.29) is 24.1 Å². The molecule has 5 aliphatic rings. The van der Waals surface area contributed by atoms with Gasteiger partial charge in [-0.2, -0.15) is 0 Å². The lowest BCUT2D eigenvalue weighted by Gasteiger charge is -2.39. The van der Waals surface area contributed by atoms with Gasteiger partial charge in [-0.3, -0.25) is 0 Å². The molecular formula is C30H45ClN4O4. The van der Waals surface area contributed by atoms with Crippen LogP contribution in [0.15, 0.2) is 24.3 Å². The predicted molar refractivity (Wildman–Crippen MR) is 152 cm³/mol. The summed E-state index contributed by atoms with van der Waals surface area (Å²) in [7, 11) is 3.32. The average molecular weight is 561 g/mol. The number of nitrogens with one attached hydrogen (secondary N) is 3. The van der Waals surface area contributed by atoms with E-state index < -0.39 is 6.09 Å². The van der Waals surface area contributed by atoms with Gasteiger partial charge in [0.05, 0.1) is 19.8 Å². The van der Waals surface area contributed by atoms with E-state index in [4.69, 9.17) is 16.3 Å². The number of likely N-dealkylation sites (N-methyl/N-ethyl adjacent to an activating group) is 1. The van der Waals surface area contributed by atoms with Gasteiger partial charge < -0.3 is 30.3 Å². The van der Waals surface area contributed by atoms with Crippen LogP contribution in [-0.2, 0) is 9.47 Å². The third-order valence-corrected chi connectivity index (χ3v) is 10.0. The number of halogens is 1. The van der Waals surface area contributed by atoms with Gasteiger partial charge in [-0.25, -0.2) is 9.59 Å². The van der Waals surface area contributed by atoms with E-state index in [1.54, 1.807) is 0 Å². The summed E-state index contributed by atoms with van der Waals surface area (Å²) in [5.74, 6) is 2.83. The molecule has 2 unspecified atom stereocenters. The molecule has 39 heavy (non-hydrogen) atoms. The van der Waals surface area contributed by atoms with E-state index in [1.165, 1.54) is 39.2 Å². The Kier molecular flexibility index (Phi) is 9.24. The van der Waals surface area contributed by atoms with Crippen LogP contribution in [0, 0.1) is 29.1 Å². The minimum absolute atomic E-state index is 0.0336. The number of hydrogen-bond acceptors (Lipinski definition) is 5. The van der Waals surface area contributed by atoms with Gasteiger partial charge in [0.2, 0.25) is 0 Å². The molecule has 1 aliphatic heterocycles. The molecule has 4 saturated carbocycles. The van der Waals surface area contributed by atoms with Crippen LogP contribution in [0.25, 0.3) is 0 Å². The molecule has 1 aromatic rings. The summed E-state index contributed by atoms with van der Waals surface area (Å²) in [4.78, 5) is 27.0. The summed E-state index contributed by atoms with van der Waals surface area (Å²) in [5, 5.41) is 10.1. The highest BCUT2D eigenvalue weighted by Gasteiger charge is 2.57. The predicted octanol–water partition coefficient (Wildman–Crippen LogP) is 4.98. The van der Waals surface area contributed by atoms with E-state index >= 15 is 0 Å². The first kappa shape index (κ1) is 28.5. The number of nitrogens with zero attached hydrogens (tertiary/aromatic N) is 1. The number of piperidine rings is 1. The second kappa shape index (κ2) is 12.6. The van der Waals surface area contributed by atoms with Gasteiger partial charge >= 0.3 is 12.1 Å². The third-order valence-electron chi connectivity index (χ3n) is 9.79. The zero-order valence-corrected chi connectivity index (χ0v) is 24.2. The fourth-order valence-electron chi connectivity index (χ4n) is 8.52. The van der Waals surface area contributed by atoms with Gasteiger partial charge in [0.25, 0.3) is 0 Å². The van der Waals surface area contributed by atoms with E-state index in [2.05, 4.69) is 20.7 Å². The van der Waals surface area contributed by atoms with E-state index in [0.29, 0.717) is 30.1 Å². The molecule has 1 aromatic carbocycles. The Bertz CT molecular complexity index is 995. The largest absolute Gasteiger partial charge is 0.453 e. The number of alkyl carbamates (subject to hydrolysis) is 1. The van der Waals surface area contributed by atoms with Crippen molar-refractivity contribution in [2.75, 3.05) is 46.9 Å². The number of amides is 3. The van der Waals surface area contributed by atoms with Gasteiger partial charge in [0.1, 0.15) is 0 Å². The monoisotopic (exact) mass is 560 g/mol. The van der Waals surface area contributed by atoms with Crippen LogP contribution in [0.3, 0.4) is 0 Å². The number of methoxy groups -OCH3 is 1. The van der Waals surface area contributed by atoms with Crippen LogP contribution in [0.1, 0.15) is 63.0 Å². The number of rotatable bonds is 11. The zero-order chi connectivity index (χ0) is 27.4. The molecule has 5 atom stereocenters. The molecular weight excluding hydrogens is 516 g/mol. The van der Waals surface area contributed by atoms with Gasteiger partial charge in [-0.15, -0.1) is 0 Å². The van der Waals surface area contributed by atoms with Gasteiger partial charge in [-0.05, 0) is 99.3 Å². The zero-order valence-electron chi connectivity index (χ0n) is 23.4. The number of hydrogen-bond donors (Lipinski definition) is 3.